The number of hydrogen-bond acceptors (Lipinski definition) is 3. The molecule has 1 saturated carbocycles. The monoisotopic (exact) mass is 405 g/mol. The van der Waals surface area contributed by atoms with Gasteiger partial charge in [-0.3, -0.25) is 9.59 Å². The molecule has 0 spiro atoms. The number of hydrogen-bond donors (Lipinski definition) is 3. The molecule has 1 aliphatic carbocycles. The maximum absolute atomic E-state index is 12.7. The fourth-order valence-corrected chi connectivity index (χ4v) is 2.89. The smallest absolute Gasteiger partial charge is 0.350 e. The third kappa shape index (κ3) is 6.05. The first-order valence-corrected chi connectivity index (χ1v) is 9.26. The summed E-state index contributed by atoms with van der Waals surface area (Å²) < 4.78 is 38.2. The second-order valence-corrected chi connectivity index (χ2v) is 7.14. The first-order valence-electron chi connectivity index (χ1n) is 9.26. The highest BCUT2D eigenvalue weighted by atomic mass is 19.4. The zero-order valence-corrected chi connectivity index (χ0v) is 15.8. The van der Waals surface area contributed by atoms with Gasteiger partial charge in [0.15, 0.2) is 0 Å². The zero-order valence-electron chi connectivity index (χ0n) is 15.8. The van der Waals surface area contributed by atoms with Crippen LogP contribution in [0.1, 0.15) is 33.5 Å². The summed E-state index contributed by atoms with van der Waals surface area (Å²) in [4.78, 5) is 24.0. The van der Waals surface area contributed by atoms with Crippen molar-refractivity contribution in [3.05, 3.63) is 70.8 Å². The number of aryl methyl sites for hydroxylation is 1. The van der Waals surface area contributed by atoms with Gasteiger partial charge in [-0.25, -0.2) is 0 Å². The van der Waals surface area contributed by atoms with E-state index in [0.29, 0.717) is 6.54 Å². The predicted molar refractivity (Wildman–Crippen MR) is 102 cm³/mol. The molecule has 0 aromatic heterocycles. The van der Waals surface area contributed by atoms with Crippen LogP contribution in [0.4, 0.5) is 13.2 Å². The van der Waals surface area contributed by atoms with E-state index in [1.807, 2.05) is 31.2 Å². The summed E-state index contributed by atoms with van der Waals surface area (Å²) in [5.74, 6) is -1.11. The SMILES string of the molecule is Cc1ccc(CNC2CC2NC(=O)CNC(=O)c2cccc(C(F)(F)F)c2)cc1. The van der Waals surface area contributed by atoms with Gasteiger partial charge in [0.1, 0.15) is 0 Å². The van der Waals surface area contributed by atoms with Gasteiger partial charge >= 0.3 is 6.18 Å². The van der Waals surface area contributed by atoms with Gasteiger partial charge in [-0.2, -0.15) is 13.2 Å². The molecule has 1 aliphatic rings. The molecule has 0 radical (unpaired) electrons. The summed E-state index contributed by atoms with van der Waals surface area (Å²) in [5.41, 5.74) is 1.30. The normalized spacial score (nSPS) is 18.2. The molecule has 2 amide bonds. The van der Waals surface area contributed by atoms with E-state index < -0.39 is 17.6 Å². The predicted octanol–water partition coefficient (Wildman–Crippen LogP) is 2.79. The van der Waals surface area contributed by atoms with Gasteiger partial charge in [0.05, 0.1) is 12.1 Å². The maximum atomic E-state index is 12.7. The Kier molecular flexibility index (Phi) is 6.22. The van der Waals surface area contributed by atoms with E-state index in [1.165, 1.54) is 11.6 Å². The molecule has 0 heterocycles. The number of alkyl halides is 3. The molecule has 29 heavy (non-hydrogen) atoms. The molecule has 1 fully saturated rings. The van der Waals surface area contributed by atoms with Crippen LogP contribution in [-0.2, 0) is 17.5 Å². The Balaban J connectivity index is 1.39. The number of carbonyl (C=O) groups excluding carboxylic acids is 2. The van der Waals surface area contributed by atoms with Crippen LogP contribution in [0.2, 0.25) is 0 Å². The van der Waals surface area contributed by atoms with Gasteiger partial charge in [0.25, 0.3) is 5.91 Å². The van der Waals surface area contributed by atoms with Crippen molar-refractivity contribution in [3.63, 3.8) is 0 Å². The second-order valence-electron chi connectivity index (χ2n) is 7.14. The van der Waals surface area contributed by atoms with E-state index in [4.69, 9.17) is 0 Å². The third-order valence-electron chi connectivity index (χ3n) is 4.69. The summed E-state index contributed by atoms with van der Waals surface area (Å²) in [5, 5.41) is 8.50. The molecule has 3 N–H and O–H groups in total. The fraction of sp³-hybridized carbons (Fsp3) is 0.333. The molecule has 154 valence electrons. The highest BCUT2D eigenvalue weighted by Gasteiger charge is 2.37. The Labute approximate surface area is 166 Å². The van der Waals surface area contributed by atoms with Gasteiger partial charge in [0, 0.05) is 24.2 Å². The summed E-state index contributed by atoms with van der Waals surface area (Å²) in [6.45, 7) is 2.43. The quantitative estimate of drug-likeness (QED) is 0.664. The summed E-state index contributed by atoms with van der Waals surface area (Å²) in [6.07, 6.45) is -3.74. The molecule has 2 aromatic carbocycles. The average molecular weight is 405 g/mol. The van der Waals surface area contributed by atoms with Gasteiger partial charge in [-0.1, -0.05) is 35.9 Å². The first kappa shape index (κ1) is 20.9. The number of carbonyl (C=O) groups is 2. The standard InChI is InChI=1S/C21H22F3N3O2/c1-13-5-7-14(8-6-13)11-25-17-10-18(17)27-19(28)12-26-20(29)15-3-2-4-16(9-15)21(22,23)24/h2-9,17-18,25H,10-12H2,1H3,(H,26,29)(H,27,28). The minimum Gasteiger partial charge on any atom is -0.350 e. The van der Waals surface area contributed by atoms with E-state index in [0.717, 1.165) is 30.2 Å². The molecule has 8 heteroatoms. The minimum atomic E-state index is -4.53. The van der Waals surface area contributed by atoms with Crippen molar-refractivity contribution < 1.29 is 22.8 Å². The summed E-state index contributed by atoms with van der Waals surface area (Å²) in [6, 6.07) is 12.4. The van der Waals surface area contributed by atoms with Crippen LogP contribution < -0.4 is 16.0 Å². The largest absolute Gasteiger partial charge is 0.416 e. The first-order chi connectivity index (χ1) is 13.7. The Morgan fingerprint density at radius 3 is 2.48 bits per heavy atom. The molecule has 3 rings (SSSR count). The van der Waals surface area contributed by atoms with Crippen molar-refractivity contribution in [3.8, 4) is 0 Å². The lowest BCUT2D eigenvalue weighted by molar-refractivity contribution is -0.137. The van der Waals surface area contributed by atoms with Gasteiger partial charge < -0.3 is 16.0 Å². The van der Waals surface area contributed by atoms with Crippen LogP contribution in [-0.4, -0.2) is 30.4 Å². The molecule has 0 aliphatic heterocycles. The lowest BCUT2D eigenvalue weighted by atomic mass is 10.1. The van der Waals surface area contributed by atoms with Crippen molar-refractivity contribution in [1.29, 1.82) is 0 Å². The number of nitrogens with one attached hydrogen (secondary N) is 3. The van der Waals surface area contributed by atoms with E-state index >= 15 is 0 Å². The van der Waals surface area contributed by atoms with Crippen molar-refractivity contribution in [1.82, 2.24) is 16.0 Å². The number of amides is 2. The number of halogens is 3. The average Bonchev–Trinajstić information content (AvgIpc) is 3.42. The van der Waals surface area contributed by atoms with Crippen LogP contribution in [0, 0.1) is 6.92 Å². The molecule has 5 nitrogen and oxygen atoms in total. The molecule has 2 atom stereocenters. The Morgan fingerprint density at radius 2 is 1.79 bits per heavy atom. The topological polar surface area (TPSA) is 70.2 Å². The lowest BCUT2D eigenvalue weighted by Gasteiger charge is -2.10. The fourth-order valence-electron chi connectivity index (χ4n) is 2.89. The minimum absolute atomic E-state index is 0.0154. The molecule has 0 saturated heterocycles. The van der Waals surface area contributed by atoms with Crippen LogP contribution in [0.15, 0.2) is 48.5 Å². The van der Waals surface area contributed by atoms with Crippen LogP contribution >= 0.6 is 0 Å². The Hall–Kier alpha value is -2.87. The van der Waals surface area contributed by atoms with Gasteiger partial charge in [-0.15, -0.1) is 0 Å². The van der Waals surface area contributed by atoms with Crippen molar-refractivity contribution in [2.45, 2.75) is 38.1 Å². The highest BCUT2D eigenvalue weighted by molar-refractivity contribution is 5.96. The number of benzene rings is 2. The molecular weight excluding hydrogens is 383 g/mol. The lowest BCUT2D eigenvalue weighted by Crippen LogP contribution is -2.39. The highest BCUT2D eigenvalue weighted by Crippen LogP contribution is 2.29. The van der Waals surface area contributed by atoms with Crippen molar-refractivity contribution >= 4 is 11.8 Å². The van der Waals surface area contributed by atoms with Crippen molar-refractivity contribution in [2.75, 3.05) is 6.54 Å². The molecule has 0 bridgehead atoms. The molecular formula is C21H22F3N3O2. The Morgan fingerprint density at radius 1 is 1.07 bits per heavy atom. The van der Waals surface area contributed by atoms with E-state index in [9.17, 15) is 22.8 Å². The maximum Gasteiger partial charge on any atom is 0.416 e. The summed E-state index contributed by atoms with van der Waals surface area (Å²) >= 11 is 0. The van der Waals surface area contributed by atoms with E-state index in [2.05, 4.69) is 16.0 Å². The third-order valence-corrected chi connectivity index (χ3v) is 4.69. The zero-order chi connectivity index (χ0) is 21.0. The summed E-state index contributed by atoms with van der Waals surface area (Å²) in [7, 11) is 0. The van der Waals surface area contributed by atoms with Crippen LogP contribution in [0.25, 0.3) is 0 Å². The Bertz CT molecular complexity index is 881. The molecule has 2 unspecified atom stereocenters. The number of rotatable bonds is 7. The second kappa shape index (κ2) is 8.65. The van der Waals surface area contributed by atoms with E-state index in [-0.39, 0.29) is 30.1 Å². The van der Waals surface area contributed by atoms with Crippen LogP contribution in [0.3, 0.4) is 0 Å². The van der Waals surface area contributed by atoms with E-state index in [1.54, 1.807) is 0 Å². The van der Waals surface area contributed by atoms with Gasteiger partial charge in [-0.05, 0) is 37.1 Å². The van der Waals surface area contributed by atoms with Crippen LogP contribution in [0.5, 0.6) is 0 Å². The van der Waals surface area contributed by atoms with Crippen molar-refractivity contribution in [2.24, 2.45) is 0 Å². The van der Waals surface area contributed by atoms with Gasteiger partial charge in [0.2, 0.25) is 5.91 Å². The molecule has 2 aromatic rings.